The maximum atomic E-state index is 14.1. The number of hydrogen-bond donors (Lipinski definition) is 1. The molecule has 0 fully saturated rings. The van der Waals surface area contributed by atoms with E-state index in [9.17, 15) is 4.39 Å². The van der Waals surface area contributed by atoms with Crippen LogP contribution in [0.5, 0.6) is 0 Å². The number of nitrogens with zero attached hydrogens (tertiary/aromatic N) is 3. The van der Waals surface area contributed by atoms with Gasteiger partial charge in [0.15, 0.2) is 11.6 Å². The molecule has 110 valence electrons. The molecule has 1 N–H and O–H groups in total. The van der Waals surface area contributed by atoms with Crippen LogP contribution in [0.1, 0.15) is 18.1 Å². The molecular weight excluding hydrogens is 267 g/mol. The van der Waals surface area contributed by atoms with Gasteiger partial charge in [-0.25, -0.2) is 9.37 Å². The molecule has 21 heavy (non-hydrogen) atoms. The predicted octanol–water partition coefficient (Wildman–Crippen LogP) is 2.65. The van der Waals surface area contributed by atoms with Gasteiger partial charge in [-0.2, -0.15) is 4.98 Å². The lowest BCUT2D eigenvalue weighted by Gasteiger charge is -2.22. The molecule has 0 aliphatic carbocycles. The molecule has 1 aliphatic rings. The number of rotatable bonds is 3. The van der Waals surface area contributed by atoms with Gasteiger partial charge in [0.25, 0.3) is 0 Å². The number of fused-ring (bicyclic) bond motifs is 1. The number of aromatic nitrogens is 2. The van der Waals surface area contributed by atoms with Crippen LogP contribution in [-0.2, 0) is 12.8 Å². The van der Waals surface area contributed by atoms with Crippen molar-refractivity contribution in [3.05, 3.63) is 47.4 Å². The van der Waals surface area contributed by atoms with Gasteiger partial charge in [-0.3, -0.25) is 0 Å². The highest BCUT2D eigenvalue weighted by molar-refractivity contribution is 5.45. The van der Waals surface area contributed by atoms with E-state index in [-0.39, 0.29) is 5.82 Å². The van der Waals surface area contributed by atoms with Crippen LogP contribution in [0.4, 0.5) is 16.2 Å². The van der Waals surface area contributed by atoms with Gasteiger partial charge in [-0.05, 0) is 30.9 Å². The Labute approximate surface area is 124 Å². The van der Waals surface area contributed by atoms with Crippen molar-refractivity contribution in [1.29, 1.82) is 0 Å². The number of benzene rings is 1. The van der Waals surface area contributed by atoms with Gasteiger partial charge in [-0.15, -0.1) is 0 Å². The summed E-state index contributed by atoms with van der Waals surface area (Å²) in [5.74, 6) is 0.520. The molecule has 0 saturated heterocycles. The molecule has 5 heteroatoms. The maximum absolute atomic E-state index is 14.1. The molecule has 2 heterocycles. The monoisotopic (exact) mass is 286 g/mol. The van der Waals surface area contributed by atoms with Gasteiger partial charge in [-0.1, -0.05) is 24.3 Å². The quantitative estimate of drug-likeness (QED) is 0.942. The number of hydrogen-bond acceptors (Lipinski definition) is 4. The molecule has 0 bridgehead atoms. The van der Waals surface area contributed by atoms with Crippen LogP contribution in [0.25, 0.3) is 0 Å². The summed E-state index contributed by atoms with van der Waals surface area (Å²) in [4.78, 5) is 10.3. The summed E-state index contributed by atoms with van der Waals surface area (Å²) in [5.41, 5.74) is 2.70. The highest BCUT2D eigenvalue weighted by Crippen LogP contribution is 2.22. The van der Waals surface area contributed by atoms with Crippen LogP contribution in [0, 0.1) is 5.82 Å². The van der Waals surface area contributed by atoms with E-state index in [4.69, 9.17) is 0 Å². The zero-order chi connectivity index (χ0) is 14.7. The molecular formula is C16H19FN4. The number of nitrogens with one attached hydrogen (secondary N) is 1. The molecule has 1 aromatic carbocycles. The van der Waals surface area contributed by atoms with E-state index >= 15 is 0 Å². The van der Waals surface area contributed by atoms with Gasteiger partial charge < -0.3 is 10.2 Å². The summed E-state index contributed by atoms with van der Waals surface area (Å²) in [6.45, 7) is 4.23. The second kappa shape index (κ2) is 6.08. The fourth-order valence-electron chi connectivity index (χ4n) is 2.70. The lowest BCUT2D eigenvalue weighted by Crippen LogP contribution is -2.28. The van der Waals surface area contributed by atoms with Crippen LogP contribution in [0.3, 0.4) is 0 Å². The van der Waals surface area contributed by atoms with Crippen LogP contribution in [-0.4, -0.2) is 29.6 Å². The fourth-order valence-corrected chi connectivity index (χ4v) is 2.70. The summed E-state index contributed by atoms with van der Waals surface area (Å²) in [6, 6.07) is 8.42. The normalized spacial score (nSPS) is 14.5. The van der Waals surface area contributed by atoms with Crippen molar-refractivity contribution in [2.75, 3.05) is 29.9 Å². The van der Waals surface area contributed by atoms with Gasteiger partial charge in [0.2, 0.25) is 5.95 Å². The third-order valence-corrected chi connectivity index (χ3v) is 3.78. The lowest BCUT2D eigenvalue weighted by atomic mass is 10.0. The minimum atomic E-state index is -0.359. The summed E-state index contributed by atoms with van der Waals surface area (Å²) < 4.78 is 14.1. The topological polar surface area (TPSA) is 41.1 Å². The lowest BCUT2D eigenvalue weighted by molar-refractivity contribution is 0.602. The standard InChI is InChI=1S/C16H19FN4/c1-2-18-16-19-11-14(17)15(20-16)21-9-7-12-5-3-4-6-13(12)8-10-21/h3-6,11H,2,7-10H2,1H3,(H,18,19,20). The molecule has 0 radical (unpaired) electrons. The third kappa shape index (κ3) is 2.96. The van der Waals surface area contributed by atoms with Crippen LogP contribution < -0.4 is 10.2 Å². The Morgan fingerprint density at radius 1 is 1.19 bits per heavy atom. The van der Waals surface area contributed by atoms with E-state index in [2.05, 4.69) is 39.6 Å². The van der Waals surface area contributed by atoms with Gasteiger partial charge in [0.05, 0.1) is 6.20 Å². The minimum Gasteiger partial charge on any atom is -0.354 e. The van der Waals surface area contributed by atoms with Crippen molar-refractivity contribution >= 4 is 11.8 Å². The molecule has 2 aromatic rings. The Balaban J connectivity index is 1.84. The molecule has 1 aromatic heterocycles. The van der Waals surface area contributed by atoms with E-state index < -0.39 is 0 Å². The Bertz CT molecular complexity index is 602. The van der Waals surface area contributed by atoms with E-state index in [0.717, 1.165) is 32.5 Å². The van der Waals surface area contributed by atoms with Gasteiger partial charge in [0.1, 0.15) is 0 Å². The SMILES string of the molecule is CCNc1ncc(F)c(N2CCc3ccccc3CC2)n1. The molecule has 3 rings (SSSR count). The molecule has 0 saturated carbocycles. The van der Waals surface area contributed by atoms with Crippen LogP contribution in [0.2, 0.25) is 0 Å². The van der Waals surface area contributed by atoms with E-state index in [0.29, 0.717) is 11.8 Å². The Morgan fingerprint density at radius 3 is 2.48 bits per heavy atom. The Kier molecular flexibility index (Phi) is 3.99. The molecule has 0 atom stereocenters. The van der Waals surface area contributed by atoms with Gasteiger partial charge in [0, 0.05) is 19.6 Å². The summed E-state index contributed by atoms with van der Waals surface area (Å²) >= 11 is 0. The maximum Gasteiger partial charge on any atom is 0.224 e. The number of anilines is 2. The zero-order valence-electron chi connectivity index (χ0n) is 12.1. The van der Waals surface area contributed by atoms with Gasteiger partial charge >= 0.3 is 0 Å². The largest absolute Gasteiger partial charge is 0.354 e. The average molecular weight is 286 g/mol. The summed E-state index contributed by atoms with van der Waals surface area (Å²) in [5, 5.41) is 3.03. The predicted molar refractivity (Wildman–Crippen MR) is 82.2 cm³/mol. The van der Waals surface area contributed by atoms with Crippen LogP contribution in [0.15, 0.2) is 30.5 Å². The summed E-state index contributed by atoms with van der Waals surface area (Å²) in [7, 11) is 0. The van der Waals surface area contributed by atoms with E-state index in [1.165, 1.54) is 17.3 Å². The minimum absolute atomic E-state index is 0.359. The Hall–Kier alpha value is -2.17. The molecule has 0 spiro atoms. The second-order valence-corrected chi connectivity index (χ2v) is 5.15. The highest BCUT2D eigenvalue weighted by Gasteiger charge is 2.18. The Morgan fingerprint density at radius 2 is 1.86 bits per heavy atom. The number of halogens is 1. The smallest absolute Gasteiger partial charge is 0.224 e. The van der Waals surface area contributed by atoms with Crippen molar-refractivity contribution in [3.8, 4) is 0 Å². The first-order valence-electron chi connectivity index (χ1n) is 7.36. The van der Waals surface area contributed by atoms with Crippen LogP contribution >= 0.6 is 0 Å². The first kappa shape index (κ1) is 13.8. The third-order valence-electron chi connectivity index (χ3n) is 3.78. The van der Waals surface area contributed by atoms with Crippen molar-refractivity contribution in [3.63, 3.8) is 0 Å². The molecule has 4 nitrogen and oxygen atoms in total. The van der Waals surface area contributed by atoms with Crippen molar-refractivity contribution < 1.29 is 4.39 Å². The second-order valence-electron chi connectivity index (χ2n) is 5.15. The molecule has 0 amide bonds. The van der Waals surface area contributed by atoms with E-state index in [1.807, 2.05) is 11.8 Å². The van der Waals surface area contributed by atoms with Crippen molar-refractivity contribution in [2.24, 2.45) is 0 Å². The molecule has 1 aliphatic heterocycles. The average Bonchev–Trinajstić information content (AvgIpc) is 2.72. The molecule has 0 unspecified atom stereocenters. The zero-order valence-corrected chi connectivity index (χ0v) is 12.1. The summed E-state index contributed by atoms with van der Waals surface area (Å²) in [6.07, 6.45) is 3.07. The van der Waals surface area contributed by atoms with Crippen molar-refractivity contribution in [1.82, 2.24) is 9.97 Å². The highest BCUT2D eigenvalue weighted by atomic mass is 19.1. The first-order valence-corrected chi connectivity index (χ1v) is 7.36. The van der Waals surface area contributed by atoms with E-state index in [1.54, 1.807) is 0 Å². The van der Waals surface area contributed by atoms with Crippen molar-refractivity contribution in [2.45, 2.75) is 19.8 Å². The fraction of sp³-hybridized carbons (Fsp3) is 0.375. The first-order chi connectivity index (χ1) is 10.3.